The summed E-state index contributed by atoms with van der Waals surface area (Å²) in [7, 11) is 0. The normalized spacial score (nSPS) is 15.2. The first-order valence-corrected chi connectivity index (χ1v) is 5.04. The lowest BCUT2D eigenvalue weighted by atomic mass is 9.98. The molecule has 14 heavy (non-hydrogen) atoms. The Bertz CT molecular complexity index is 292. The summed E-state index contributed by atoms with van der Waals surface area (Å²) in [6.45, 7) is 7.79. The van der Waals surface area contributed by atoms with Gasteiger partial charge in [-0.15, -0.1) is 0 Å². The Balaban J connectivity index is 2.94. The Morgan fingerprint density at radius 3 is 2.50 bits per heavy atom. The number of nitrogens with zero attached hydrogens (tertiary/aromatic N) is 2. The number of aryl methyl sites for hydroxylation is 2. The summed E-state index contributed by atoms with van der Waals surface area (Å²) in [5.74, 6) is 0.857. The fraction of sp³-hybridized carbons (Fsp3) is 0.636. The number of aliphatic hydroxyl groups excluding tert-OH is 1. The van der Waals surface area contributed by atoms with Crippen molar-refractivity contribution in [1.29, 1.82) is 0 Å². The molecule has 1 aromatic heterocycles. The predicted molar refractivity (Wildman–Crippen MR) is 56.2 cm³/mol. The van der Waals surface area contributed by atoms with E-state index >= 15 is 0 Å². The summed E-state index contributed by atoms with van der Waals surface area (Å²) in [4.78, 5) is 8.54. The van der Waals surface area contributed by atoms with E-state index < -0.39 is 0 Å². The predicted octanol–water partition coefficient (Wildman–Crippen LogP) is 1.97. The molecule has 78 valence electrons. The molecule has 2 atom stereocenters. The van der Waals surface area contributed by atoms with E-state index in [0.717, 1.165) is 23.6 Å². The van der Waals surface area contributed by atoms with Crippen LogP contribution in [0.15, 0.2) is 6.07 Å². The highest BCUT2D eigenvalue weighted by Crippen LogP contribution is 2.19. The van der Waals surface area contributed by atoms with E-state index in [1.807, 2.05) is 33.8 Å². The van der Waals surface area contributed by atoms with E-state index in [1.54, 1.807) is 0 Å². The molecule has 1 aromatic rings. The molecule has 3 nitrogen and oxygen atoms in total. The second-order valence-electron chi connectivity index (χ2n) is 3.75. The minimum absolute atomic E-state index is 0.0837. The molecule has 0 saturated heterocycles. The van der Waals surface area contributed by atoms with Gasteiger partial charge in [-0.3, -0.25) is 0 Å². The number of rotatable bonds is 3. The van der Waals surface area contributed by atoms with Gasteiger partial charge in [-0.2, -0.15) is 0 Å². The minimum atomic E-state index is -0.316. The largest absolute Gasteiger partial charge is 0.392 e. The fourth-order valence-electron chi connectivity index (χ4n) is 1.53. The molecule has 0 saturated carbocycles. The molecule has 1 heterocycles. The first-order chi connectivity index (χ1) is 6.54. The molecule has 1 N–H and O–H groups in total. The van der Waals surface area contributed by atoms with E-state index in [2.05, 4.69) is 9.97 Å². The van der Waals surface area contributed by atoms with E-state index in [9.17, 15) is 5.11 Å². The maximum Gasteiger partial charge on any atom is 0.125 e. The Kier molecular flexibility index (Phi) is 3.58. The van der Waals surface area contributed by atoms with Gasteiger partial charge in [-0.25, -0.2) is 9.97 Å². The quantitative estimate of drug-likeness (QED) is 0.800. The standard InChI is InChI=1S/C11H18N2O/c1-5-11(14)8(3)10-6-7(2)12-9(4)13-10/h6,8,11,14H,5H2,1-4H3. The molecule has 0 aliphatic carbocycles. The van der Waals surface area contributed by atoms with Gasteiger partial charge in [0, 0.05) is 17.3 Å². The zero-order valence-electron chi connectivity index (χ0n) is 9.28. The van der Waals surface area contributed by atoms with Gasteiger partial charge in [0.1, 0.15) is 5.82 Å². The Labute approximate surface area is 85.2 Å². The average Bonchev–Trinajstić information content (AvgIpc) is 2.14. The van der Waals surface area contributed by atoms with E-state index in [1.165, 1.54) is 0 Å². The molecule has 0 aliphatic heterocycles. The molecule has 0 spiro atoms. The van der Waals surface area contributed by atoms with Crippen LogP contribution in [0.1, 0.15) is 43.4 Å². The summed E-state index contributed by atoms with van der Waals surface area (Å²) < 4.78 is 0. The van der Waals surface area contributed by atoms with Crippen LogP contribution in [-0.2, 0) is 0 Å². The van der Waals surface area contributed by atoms with Crippen molar-refractivity contribution in [2.75, 3.05) is 0 Å². The highest BCUT2D eigenvalue weighted by Gasteiger charge is 2.16. The van der Waals surface area contributed by atoms with Crippen LogP contribution in [0.2, 0.25) is 0 Å². The Morgan fingerprint density at radius 2 is 2.00 bits per heavy atom. The maximum absolute atomic E-state index is 9.70. The van der Waals surface area contributed by atoms with E-state index in [0.29, 0.717) is 0 Å². The highest BCUT2D eigenvalue weighted by atomic mass is 16.3. The third-order valence-electron chi connectivity index (χ3n) is 2.45. The maximum atomic E-state index is 9.70. The van der Waals surface area contributed by atoms with Crippen molar-refractivity contribution in [2.24, 2.45) is 0 Å². The average molecular weight is 194 g/mol. The summed E-state index contributed by atoms with van der Waals surface area (Å²) in [6.07, 6.45) is 0.437. The zero-order chi connectivity index (χ0) is 10.7. The van der Waals surface area contributed by atoms with E-state index in [-0.39, 0.29) is 12.0 Å². The zero-order valence-corrected chi connectivity index (χ0v) is 9.28. The molecule has 0 aliphatic rings. The van der Waals surface area contributed by atoms with Crippen LogP contribution in [0.5, 0.6) is 0 Å². The number of hydrogen-bond acceptors (Lipinski definition) is 3. The molecule has 0 fully saturated rings. The van der Waals surface area contributed by atoms with Gasteiger partial charge in [-0.05, 0) is 26.3 Å². The van der Waals surface area contributed by atoms with Crippen molar-refractivity contribution in [2.45, 2.75) is 46.1 Å². The molecule has 1 rings (SSSR count). The van der Waals surface area contributed by atoms with Crippen molar-refractivity contribution < 1.29 is 5.11 Å². The molecule has 0 amide bonds. The van der Waals surface area contributed by atoms with Crippen LogP contribution in [0.4, 0.5) is 0 Å². The van der Waals surface area contributed by atoms with Crippen LogP contribution in [0.3, 0.4) is 0 Å². The van der Waals surface area contributed by atoms with Gasteiger partial charge in [-0.1, -0.05) is 13.8 Å². The summed E-state index contributed by atoms with van der Waals surface area (Å²) >= 11 is 0. The lowest BCUT2D eigenvalue weighted by Crippen LogP contribution is -2.16. The lowest BCUT2D eigenvalue weighted by Gasteiger charge is -2.17. The number of aromatic nitrogens is 2. The van der Waals surface area contributed by atoms with Crippen LogP contribution in [0.25, 0.3) is 0 Å². The molecular formula is C11H18N2O. The number of aliphatic hydroxyl groups is 1. The van der Waals surface area contributed by atoms with Gasteiger partial charge in [0.15, 0.2) is 0 Å². The third-order valence-corrected chi connectivity index (χ3v) is 2.45. The van der Waals surface area contributed by atoms with Crippen molar-refractivity contribution in [3.63, 3.8) is 0 Å². The summed E-state index contributed by atoms with van der Waals surface area (Å²) in [5.41, 5.74) is 1.90. The summed E-state index contributed by atoms with van der Waals surface area (Å²) in [5, 5.41) is 9.70. The second-order valence-corrected chi connectivity index (χ2v) is 3.75. The van der Waals surface area contributed by atoms with Gasteiger partial charge in [0.05, 0.1) is 6.10 Å². The van der Waals surface area contributed by atoms with Crippen LogP contribution in [-0.4, -0.2) is 21.2 Å². The molecule has 2 unspecified atom stereocenters. The molecular weight excluding hydrogens is 176 g/mol. The lowest BCUT2D eigenvalue weighted by molar-refractivity contribution is 0.143. The Morgan fingerprint density at radius 1 is 1.36 bits per heavy atom. The first kappa shape index (κ1) is 11.1. The van der Waals surface area contributed by atoms with Gasteiger partial charge in [0.2, 0.25) is 0 Å². The minimum Gasteiger partial charge on any atom is -0.392 e. The van der Waals surface area contributed by atoms with Crippen LogP contribution >= 0.6 is 0 Å². The van der Waals surface area contributed by atoms with Crippen molar-refractivity contribution in [3.8, 4) is 0 Å². The fourth-order valence-corrected chi connectivity index (χ4v) is 1.53. The van der Waals surface area contributed by atoms with E-state index in [4.69, 9.17) is 0 Å². The molecule has 0 aromatic carbocycles. The highest BCUT2D eigenvalue weighted by molar-refractivity contribution is 5.14. The van der Waals surface area contributed by atoms with Crippen LogP contribution in [0, 0.1) is 13.8 Å². The molecule has 0 bridgehead atoms. The van der Waals surface area contributed by atoms with Crippen LogP contribution < -0.4 is 0 Å². The summed E-state index contributed by atoms with van der Waals surface area (Å²) in [6, 6.07) is 1.94. The Hall–Kier alpha value is -0.960. The van der Waals surface area contributed by atoms with Crippen molar-refractivity contribution in [3.05, 3.63) is 23.3 Å². The topological polar surface area (TPSA) is 46.0 Å². The second kappa shape index (κ2) is 4.51. The number of hydrogen-bond donors (Lipinski definition) is 1. The van der Waals surface area contributed by atoms with Gasteiger partial charge < -0.3 is 5.11 Å². The molecule has 0 radical (unpaired) electrons. The third kappa shape index (κ3) is 2.51. The SMILES string of the molecule is CCC(O)C(C)c1cc(C)nc(C)n1. The van der Waals surface area contributed by atoms with Gasteiger partial charge in [0.25, 0.3) is 0 Å². The molecule has 3 heteroatoms. The van der Waals surface area contributed by atoms with Crippen molar-refractivity contribution in [1.82, 2.24) is 9.97 Å². The smallest absolute Gasteiger partial charge is 0.125 e. The monoisotopic (exact) mass is 194 g/mol. The first-order valence-electron chi connectivity index (χ1n) is 5.04. The van der Waals surface area contributed by atoms with Gasteiger partial charge >= 0.3 is 0 Å². The van der Waals surface area contributed by atoms with Crippen molar-refractivity contribution >= 4 is 0 Å².